The number of aromatic nitrogens is 1. The Kier molecular flexibility index (Phi) is 5.14. The lowest BCUT2D eigenvalue weighted by Gasteiger charge is -2.26. The number of rotatable bonds is 5. The quantitative estimate of drug-likeness (QED) is 0.397. The van der Waals surface area contributed by atoms with Crippen LogP contribution < -0.4 is 15.0 Å². The predicted octanol–water partition coefficient (Wildman–Crippen LogP) is 5.95. The van der Waals surface area contributed by atoms with E-state index in [-0.39, 0.29) is 12.1 Å². The van der Waals surface area contributed by atoms with Gasteiger partial charge >= 0.3 is 0 Å². The number of nitrogens with zero attached hydrogens (tertiary/aromatic N) is 2. The largest absolute Gasteiger partial charge is 0.467 e. The predicted molar refractivity (Wildman–Crippen MR) is 124 cm³/mol. The summed E-state index contributed by atoms with van der Waals surface area (Å²) in [4.78, 5) is 6.62. The maximum Gasteiger partial charge on any atom is 0.174 e. The van der Waals surface area contributed by atoms with Gasteiger partial charge in [-0.1, -0.05) is 24.3 Å². The number of para-hydroxylation sites is 1. The van der Waals surface area contributed by atoms with Crippen LogP contribution in [-0.4, -0.2) is 10.1 Å². The van der Waals surface area contributed by atoms with Gasteiger partial charge in [-0.05, 0) is 79.3 Å². The van der Waals surface area contributed by atoms with Crippen molar-refractivity contribution in [3.8, 4) is 11.5 Å². The van der Waals surface area contributed by atoms with Gasteiger partial charge in [0.15, 0.2) is 5.11 Å². The molecular weight excluding hydrogens is 406 g/mol. The molecule has 2 aromatic heterocycles. The number of hydrogen-bond donors (Lipinski definition) is 1. The van der Waals surface area contributed by atoms with E-state index in [1.165, 1.54) is 0 Å². The van der Waals surface area contributed by atoms with Crippen LogP contribution in [0.1, 0.15) is 29.1 Å². The first-order valence-corrected chi connectivity index (χ1v) is 10.5. The molecule has 0 spiro atoms. The van der Waals surface area contributed by atoms with Gasteiger partial charge in [0.2, 0.25) is 0 Å². The van der Waals surface area contributed by atoms with Crippen molar-refractivity contribution in [1.82, 2.24) is 10.3 Å². The second kappa shape index (κ2) is 8.24. The van der Waals surface area contributed by atoms with Crippen molar-refractivity contribution in [2.24, 2.45) is 0 Å². The van der Waals surface area contributed by atoms with Crippen LogP contribution in [0.5, 0.6) is 11.5 Å². The minimum absolute atomic E-state index is 0.122. The lowest BCUT2D eigenvalue weighted by atomic mass is 10.0. The highest BCUT2D eigenvalue weighted by atomic mass is 32.1. The second-order valence-electron chi connectivity index (χ2n) is 7.37. The smallest absolute Gasteiger partial charge is 0.174 e. The Hall–Kier alpha value is -3.64. The highest BCUT2D eigenvalue weighted by Gasteiger charge is 2.42. The number of aryl methyl sites for hydroxylation is 1. The third-order valence-corrected chi connectivity index (χ3v) is 5.68. The third kappa shape index (κ3) is 3.78. The highest BCUT2D eigenvalue weighted by Crippen LogP contribution is 2.42. The third-order valence-electron chi connectivity index (χ3n) is 5.37. The summed E-state index contributed by atoms with van der Waals surface area (Å²) >= 11 is 5.72. The Balaban J connectivity index is 1.46. The zero-order valence-corrected chi connectivity index (χ0v) is 17.8. The number of pyridine rings is 1. The molecule has 1 aliphatic heterocycles. The maximum atomic E-state index is 6.05. The van der Waals surface area contributed by atoms with E-state index < -0.39 is 0 Å². The van der Waals surface area contributed by atoms with E-state index in [4.69, 9.17) is 21.4 Å². The van der Waals surface area contributed by atoms with Crippen molar-refractivity contribution < 1.29 is 9.15 Å². The molecule has 154 valence electrons. The fraction of sp³-hybridized carbons (Fsp3) is 0.120. The molecule has 6 heteroatoms. The van der Waals surface area contributed by atoms with Crippen LogP contribution in [0.4, 0.5) is 5.69 Å². The maximum absolute atomic E-state index is 6.05. The van der Waals surface area contributed by atoms with Crippen molar-refractivity contribution in [1.29, 1.82) is 0 Å². The van der Waals surface area contributed by atoms with Crippen molar-refractivity contribution in [2.75, 3.05) is 4.90 Å². The van der Waals surface area contributed by atoms with Gasteiger partial charge < -0.3 is 19.4 Å². The number of hydrogen-bond acceptors (Lipinski definition) is 4. The molecule has 5 rings (SSSR count). The summed E-state index contributed by atoms with van der Waals surface area (Å²) in [7, 11) is 0. The van der Waals surface area contributed by atoms with E-state index in [1.54, 1.807) is 12.5 Å². The molecule has 3 heterocycles. The standard InChI is InChI=1S/C25H21N3O2S/c1-17-7-2-3-9-21(17)30-19-13-11-18(12-14-19)28-24(22-10-6-16-29-22)23(27-25(28)31)20-8-4-5-15-26-20/h2-16,23-24H,1H3,(H,27,31)/t23-,24+/m1/s1. The van der Waals surface area contributed by atoms with Gasteiger partial charge in [-0.3, -0.25) is 4.98 Å². The number of ether oxygens (including phenoxy) is 1. The molecule has 1 fully saturated rings. The lowest BCUT2D eigenvalue weighted by Crippen LogP contribution is -2.29. The number of furan rings is 1. The summed E-state index contributed by atoms with van der Waals surface area (Å²) in [5.74, 6) is 2.44. The van der Waals surface area contributed by atoms with Crippen LogP contribution in [0, 0.1) is 6.92 Å². The molecule has 2 atom stereocenters. The number of thiocarbonyl (C=S) groups is 1. The fourth-order valence-corrected chi connectivity index (χ4v) is 4.20. The Morgan fingerprint density at radius 2 is 1.77 bits per heavy atom. The van der Waals surface area contributed by atoms with Crippen molar-refractivity contribution in [3.63, 3.8) is 0 Å². The molecule has 1 N–H and O–H groups in total. The first-order valence-electron chi connectivity index (χ1n) is 10.1. The minimum atomic E-state index is -0.152. The molecule has 5 nitrogen and oxygen atoms in total. The van der Waals surface area contributed by atoms with Crippen LogP contribution in [0.25, 0.3) is 0 Å². The van der Waals surface area contributed by atoms with Crippen LogP contribution >= 0.6 is 12.2 Å². The van der Waals surface area contributed by atoms with Gasteiger partial charge in [-0.15, -0.1) is 0 Å². The number of benzene rings is 2. The van der Waals surface area contributed by atoms with E-state index in [0.717, 1.165) is 34.2 Å². The molecule has 4 aromatic rings. The Labute approximate surface area is 186 Å². The number of nitrogens with one attached hydrogen (secondary N) is 1. The Bertz CT molecular complexity index is 1180. The monoisotopic (exact) mass is 427 g/mol. The van der Waals surface area contributed by atoms with Gasteiger partial charge in [0, 0.05) is 11.9 Å². The van der Waals surface area contributed by atoms with Gasteiger partial charge in [-0.25, -0.2) is 0 Å². The average Bonchev–Trinajstić information content (AvgIpc) is 3.44. The van der Waals surface area contributed by atoms with Crippen LogP contribution in [0.3, 0.4) is 0 Å². The summed E-state index contributed by atoms with van der Waals surface area (Å²) < 4.78 is 11.8. The fourth-order valence-electron chi connectivity index (χ4n) is 3.85. The van der Waals surface area contributed by atoms with E-state index in [0.29, 0.717) is 5.11 Å². The van der Waals surface area contributed by atoms with E-state index >= 15 is 0 Å². The van der Waals surface area contributed by atoms with Gasteiger partial charge in [-0.2, -0.15) is 0 Å². The van der Waals surface area contributed by atoms with Gasteiger partial charge in [0.1, 0.15) is 23.3 Å². The molecule has 31 heavy (non-hydrogen) atoms. The molecule has 2 aromatic carbocycles. The summed E-state index contributed by atoms with van der Waals surface area (Å²) in [5.41, 5.74) is 2.95. The SMILES string of the molecule is Cc1ccccc1Oc1ccc(N2C(=S)N[C@H](c3ccccn3)[C@@H]2c2ccco2)cc1. The van der Waals surface area contributed by atoms with E-state index in [1.807, 2.05) is 85.8 Å². The minimum Gasteiger partial charge on any atom is -0.467 e. The zero-order valence-electron chi connectivity index (χ0n) is 16.9. The number of anilines is 1. The summed E-state index contributed by atoms with van der Waals surface area (Å²) in [6.45, 7) is 2.03. The molecule has 0 aliphatic carbocycles. The van der Waals surface area contributed by atoms with E-state index in [9.17, 15) is 0 Å². The molecule has 1 saturated heterocycles. The highest BCUT2D eigenvalue weighted by molar-refractivity contribution is 7.80. The normalized spacial score (nSPS) is 18.1. The van der Waals surface area contributed by atoms with Crippen molar-refractivity contribution in [2.45, 2.75) is 19.0 Å². The summed E-state index contributed by atoms with van der Waals surface area (Å²) in [6.07, 6.45) is 3.48. The molecule has 0 radical (unpaired) electrons. The Morgan fingerprint density at radius 3 is 2.48 bits per heavy atom. The molecular formula is C25H21N3O2S. The van der Waals surface area contributed by atoms with Crippen molar-refractivity contribution in [3.05, 3.63) is 108 Å². The molecule has 0 amide bonds. The van der Waals surface area contributed by atoms with Crippen LogP contribution in [0.15, 0.2) is 95.7 Å². The molecule has 0 bridgehead atoms. The lowest BCUT2D eigenvalue weighted by molar-refractivity contribution is 0.432. The second-order valence-corrected chi connectivity index (χ2v) is 7.76. The molecule has 0 unspecified atom stereocenters. The molecule has 1 aliphatic rings. The first kappa shape index (κ1) is 19.3. The molecule has 0 saturated carbocycles. The van der Waals surface area contributed by atoms with Gasteiger partial charge in [0.05, 0.1) is 18.0 Å². The van der Waals surface area contributed by atoms with Crippen molar-refractivity contribution >= 4 is 23.0 Å². The van der Waals surface area contributed by atoms with Crippen LogP contribution in [0.2, 0.25) is 0 Å². The first-order chi connectivity index (χ1) is 15.2. The average molecular weight is 428 g/mol. The topological polar surface area (TPSA) is 50.5 Å². The van der Waals surface area contributed by atoms with Crippen LogP contribution in [-0.2, 0) is 0 Å². The summed E-state index contributed by atoms with van der Waals surface area (Å²) in [5, 5.41) is 4.05. The van der Waals surface area contributed by atoms with Gasteiger partial charge in [0.25, 0.3) is 0 Å². The zero-order chi connectivity index (χ0) is 21.2. The summed E-state index contributed by atoms with van der Waals surface area (Å²) in [6, 6.07) is 25.4. The van der Waals surface area contributed by atoms with E-state index in [2.05, 4.69) is 15.2 Å². The Morgan fingerprint density at radius 1 is 0.968 bits per heavy atom.